The average molecular weight is 129 g/mol. The molecule has 0 fully saturated rings. The molecule has 0 aromatic heterocycles. The van der Waals surface area contributed by atoms with Gasteiger partial charge >= 0.3 is 0 Å². The summed E-state index contributed by atoms with van der Waals surface area (Å²) in [4.78, 5) is 0. The highest BCUT2D eigenvalue weighted by Crippen LogP contribution is 2.12. The first-order valence-corrected chi connectivity index (χ1v) is 3.84. The topological polar surface area (TPSA) is 20.2 Å². The zero-order valence-electron chi connectivity index (χ0n) is 6.48. The van der Waals surface area contributed by atoms with E-state index in [1.54, 1.807) is 0 Å². The van der Waals surface area contributed by atoms with Gasteiger partial charge in [0.2, 0.25) is 0 Å². The lowest BCUT2D eigenvalue weighted by Crippen LogP contribution is -1.93. The van der Waals surface area contributed by atoms with Gasteiger partial charge in [-0.3, -0.25) is 0 Å². The van der Waals surface area contributed by atoms with Gasteiger partial charge in [-0.05, 0) is 12.8 Å². The highest BCUT2D eigenvalue weighted by atomic mass is 16.3. The number of aliphatic hydroxyl groups is 1. The third-order valence-electron chi connectivity index (χ3n) is 1.36. The van der Waals surface area contributed by atoms with Crippen LogP contribution >= 0.6 is 0 Å². The molecule has 0 bridgehead atoms. The molecule has 0 saturated carbocycles. The molecule has 0 spiro atoms. The van der Waals surface area contributed by atoms with Crippen molar-refractivity contribution in [1.29, 1.82) is 0 Å². The summed E-state index contributed by atoms with van der Waals surface area (Å²) in [5, 5.41) is 9.10. The van der Waals surface area contributed by atoms with Crippen molar-refractivity contribution >= 4 is 0 Å². The predicted octanol–water partition coefficient (Wildman–Crippen LogP) is 2.88. The van der Waals surface area contributed by atoms with E-state index in [0.717, 1.165) is 25.7 Å². The summed E-state index contributed by atoms with van der Waals surface area (Å²) in [6.45, 7) is 4.22. The molecular weight excluding hydrogens is 112 g/mol. The Morgan fingerprint density at radius 1 is 1.11 bits per heavy atom. The lowest BCUT2D eigenvalue weighted by molar-refractivity contribution is 0.263. The Hall–Kier alpha value is -0.0400. The van der Waals surface area contributed by atoms with E-state index in [1.165, 1.54) is 6.42 Å². The smallest absolute Gasteiger partial charge is 0.0933 e. The van der Waals surface area contributed by atoms with Crippen LogP contribution in [0.3, 0.4) is 0 Å². The third-order valence-corrected chi connectivity index (χ3v) is 1.36. The highest BCUT2D eigenvalue weighted by Gasteiger charge is 2.00. The molecule has 1 N–H and O–H groups in total. The van der Waals surface area contributed by atoms with E-state index >= 15 is 0 Å². The summed E-state index contributed by atoms with van der Waals surface area (Å²) in [6.07, 6.45) is 5.85. The molecule has 0 atom stereocenters. The predicted molar refractivity (Wildman–Crippen MR) is 39.6 cm³/mol. The van der Waals surface area contributed by atoms with Gasteiger partial charge in [-0.25, -0.2) is 0 Å². The summed E-state index contributed by atoms with van der Waals surface area (Å²) < 4.78 is 0. The quantitative estimate of drug-likeness (QED) is 0.605. The molecule has 0 unspecified atom stereocenters. The Balaban J connectivity index is 2.95. The molecule has 0 heterocycles. The zero-order chi connectivity index (χ0) is 7.11. The maximum absolute atomic E-state index is 9.10. The molecule has 0 amide bonds. The molecule has 0 aliphatic carbocycles. The van der Waals surface area contributed by atoms with Crippen molar-refractivity contribution in [2.45, 2.75) is 46.0 Å². The van der Waals surface area contributed by atoms with Crippen molar-refractivity contribution < 1.29 is 5.11 Å². The molecule has 0 rings (SSSR count). The lowest BCUT2D eigenvalue weighted by atomic mass is 10.1. The van der Waals surface area contributed by atoms with Crippen LogP contribution in [-0.2, 0) is 0 Å². The molecule has 9 heavy (non-hydrogen) atoms. The molecule has 0 saturated heterocycles. The first-order valence-electron chi connectivity index (χ1n) is 3.84. The first-order chi connectivity index (χ1) is 4.31. The second-order valence-electron chi connectivity index (χ2n) is 2.42. The Bertz CT molecular complexity index is 52.5. The number of rotatable bonds is 5. The fourth-order valence-corrected chi connectivity index (χ4v) is 0.794. The molecule has 1 radical (unpaired) electrons. The monoisotopic (exact) mass is 129 g/mol. The number of aliphatic hydroxyl groups excluding tert-OH is 1. The van der Waals surface area contributed by atoms with Crippen LogP contribution in [-0.4, -0.2) is 5.11 Å². The van der Waals surface area contributed by atoms with Gasteiger partial charge in [0.25, 0.3) is 0 Å². The van der Waals surface area contributed by atoms with E-state index in [9.17, 15) is 0 Å². The van der Waals surface area contributed by atoms with Crippen molar-refractivity contribution in [3.8, 4) is 0 Å². The van der Waals surface area contributed by atoms with Gasteiger partial charge in [-0.1, -0.05) is 33.1 Å². The number of hydrogen-bond donors (Lipinski definition) is 1. The number of hydrogen-bond acceptors (Lipinski definition) is 1. The van der Waals surface area contributed by atoms with Gasteiger partial charge in [0.15, 0.2) is 0 Å². The molecule has 0 aliphatic rings. The van der Waals surface area contributed by atoms with E-state index in [1.807, 2.05) is 0 Å². The Morgan fingerprint density at radius 2 is 1.78 bits per heavy atom. The maximum atomic E-state index is 9.10. The fourth-order valence-electron chi connectivity index (χ4n) is 0.794. The molecule has 1 heteroatoms. The number of unbranched alkanes of at least 4 members (excludes halogenated alkanes) is 1. The van der Waals surface area contributed by atoms with Crippen LogP contribution in [0.4, 0.5) is 0 Å². The summed E-state index contributed by atoms with van der Waals surface area (Å²) in [7, 11) is 0. The van der Waals surface area contributed by atoms with Crippen LogP contribution in [0, 0.1) is 6.10 Å². The van der Waals surface area contributed by atoms with E-state index in [4.69, 9.17) is 5.11 Å². The highest BCUT2D eigenvalue weighted by molar-refractivity contribution is 4.73. The van der Waals surface area contributed by atoms with Crippen molar-refractivity contribution in [1.82, 2.24) is 0 Å². The van der Waals surface area contributed by atoms with Crippen LogP contribution in [0.1, 0.15) is 46.0 Å². The van der Waals surface area contributed by atoms with Crippen LogP contribution in [0.2, 0.25) is 0 Å². The van der Waals surface area contributed by atoms with Crippen LogP contribution in [0.5, 0.6) is 0 Å². The molecule has 55 valence electrons. The second kappa shape index (κ2) is 6.09. The third kappa shape index (κ3) is 5.84. The summed E-state index contributed by atoms with van der Waals surface area (Å²) in [5.41, 5.74) is 0. The van der Waals surface area contributed by atoms with Gasteiger partial charge in [0.1, 0.15) is 0 Å². The van der Waals surface area contributed by atoms with Gasteiger partial charge in [-0.15, -0.1) is 0 Å². The minimum absolute atomic E-state index is 0.680. The molecule has 0 aromatic carbocycles. The van der Waals surface area contributed by atoms with E-state index in [0.29, 0.717) is 6.10 Å². The molecule has 0 aromatic rings. The van der Waals surface area contributed by atoms with Crippen LogP contribution in [0.25, 0.3) is 0 Å². The van der Waals surface area contributed by atoms with Gasteiger partial charge in [-0.2, -0.15) is 0 Å². The van der Waals surface area contributed by atoms with Crippen LogP contribution in [0.15, 0.2) is 0 Å². The second-order valence-corrected chi connectivity index (χ2v) is 2.42. The largest absolute Gasteiger partial charge is 0.387 e. The standard InChI is InChI=1S/C8H17O/c1-3-5-7-8(9)6-4-2/h9H,3-7H2,1-2H3. The minimum atomic E-state index is 0.680. The minimum Gasteiger partial charge on any atom is -0.387 e. The van der Waals surface area contributed by atoms with E-state index in [2.05, 4.69) is 13.8 Å². The van der Waals surface area contributed by atoms with Crippen molar-refractivity contribution in [3.63, 3.8) is 0 Å². The van der Waals surface area contributed by atoms with Gasteiger partial charge < -0.3 is 5.11 Å². The summed E-state index contributed by atoms with van der Waals surface area (Å²) in [5.74, 6) is 0. The van der Waals surface area contributed by atoms with Gasteiger partial charge in [0.05, 0.1) is 6.10 Å². The zero-order valence-corrected chi connectivity index (χ0v) is 6.48. The first kappa shape index (κ1) is 8.96. The average Bonchev–Trinajstić information content (AvgIpc) is 1.85. The lowest BCUT2D eigenvalue weighted by Gasteiger charge is -2.04. The normalized spacial score (nSPS) is 10.7. The molecular formula is C8H17O. The molecule has 1 nitrogen and oxygen atoms in total. The Labute approximate surface area is 58.1 Å². The summed E-state index contributed by atoms with van der Waals surface area (Å²) in [6, 6.07) is 0. The fraction of sp³-hybridized carbons (Fsp3) is 0.875. The van der Waals surface area contributed by atoms with Gasteiger partial charge in [0, 0.05) is 0 Å². The summed E-state index contributed by atoms with van der Waals surface area (Å²) >= 11 is 0. The SMILES string of the molecule is CCCC[C](O)CCC. The Morgan fingerprint density at radius 3 is 2.22 bits per heavy atom. The van der Waals surface area contributed by atoms with Crippen LogP contribution < -0.4 is 0 Å². The van der Waals surface area contributed by atoms with E-state index < -0.39 is 0 Å². The van der Waals surface area contributed by atoms with Crippen molar-refractivity contribution in [2.24, 2.45) is 0 Å². The molecule has 0 aliphatic heterocycles. The Kier molecular flexibility index (Phi) is 6.06. The van der Waals surface area contributed by atoms with Crippen molar-refractivity contribution in [2.75, 3.05) is 0 Å². The van der Waals surface area contributed by atoms with E-state index in [-0.39, 0.29) is 0 Å². The maximum Gasteiger partial charge on any atom is 0.0933 e. The van der Waals surface area contributed by atoms with Crippen molar-refractivity contribution in [3.05, 3.63) is 6.10 Å².